The van der Waals surface area contributed by atoms with E-state index in [-0.39, 0.29) is 0 Å². The van der Waals surface area contributed by atoms with E-state index in [1.165, 1.54) is 80.5 Å². The summed E-state index contributed by atoms with van der Waals surface area (Å²) in [6.45, 7) is 0. The third-order valence-electron chi connectivity index (χ3n) is 8.90. The Hall–Kier alpha value is -5.03. The monoisotopic (exact) mass is 562 g/mol. The molecule has 0 aromatic heterocycles. The molecule has 0 atom stereocenters. The molecular weight excluding hydrogens is 535 g/mol. The molecule has 0 radical (unpaired) electrons. The highest BCUT2D eigenvalue weighted by atomic mass is 31.1. The van der Waals surface area contributed by atoms with Gasteiger partial charge in [-0.15, -0.1) is 0 Å². The van der Waals surface area contributed by atoms with Crippen LogP contribution in [0.5, 0.6) is 0 Å². The molecule has 0 bridgehead atoms. The summed E-state index contributed by atoms with van der Waals surface area (Å²) < 4.78 is 0. The third kappa shape index (κ3) is 3.81. The zero-order valence-electron chi connectivity index (χ0n) is 23.5. The molecule has 0 N–H and O–H groups in total. The largest absolute Gasteiger partial charge is 0.0616 e. The predicted octanol–water partition coefficient (Wildman–Crippen LogP) is 10.4. The molecule has 1 heteroatoms. The Morgan fingerprint density at radius 2 is 0.419 bits per heavy atom. The Kier molecular flexibility index (Phi) is 5.58. The maximum Gasteiger partial charge on any atom is 0.000673 e. The van der Waals surface area contributed by atoms with Gasteiger partial charge >= 0.3 is 0 Å². The molecule has 0 amide bonds. The molecule has 0 heterocycles. The van der Waals surface area contributed by atoms with Crippen LogP contribution >= 0.6 is 7.92 Å². The fourth-order valence-electron chi connectivity index (χ4n) is 7.03. The Bertz CT molecular complexity index is 2080. The highest BCUT2D eigenvalue weighted by molar-refractivity contribution is 7.82. The van der Waals surface area contributed by atoms with Crippen molar-refractivity contribution in [3.8, 4) is 0 Å². The van der Waals surface area contributed by atoms with Gasteiger partial charge in [-0.1, -0.05) is 146 Å². The summed E-state index contributed by atoms with van der Waals surface area (Å²) >= 11 is 0. The van der Waals surface area contributed by atoms with Gasteiger partial charge in [-0.2, -0.15) is 0 Å². The van der Waals surface area contributed by atoms with Gasteiger partial charge in [-0.3, -0.25) is 0 Å². The van der Waals surface area contributed by atoms with Crippen LogP contribution < -0.4 is 15.9 Å². The van der Waals surface area contributed by atoms with E-state index in [1.807, 2.05) is 0 Å². The van der Waals surface area contributed by atoms with Gasteiger partial charge in [0.15, 0.2) is 0 Å². The highest BCUT2D eigenvalue weighted by Gasteiger charge is 2.28. The number of hydrogen-bond donors (Lipinski definition) is 0. The standard InChI is InChI=1S/C42H27P/c1-7-19-34-28(13-1)25-29-14-2-8-20-35(29)40(34)43(41-36-21-9-3-15-30(36)26-31-16-4-10-22-37(31)41)42-38-23-11-5-17-32(38)27-33-18-6-12-24-39(33)42/h1-27H. The number of fused-ring (bicyclic) bond motifs is 6. The first-order chi connectivity index (χ1) is 21.3. The van der Waals surface area contributed by atoms with Gasteiger partial charge in [0.05, 0.1) is 0 Å². The summed E-state index contributed by atoms with van der Waals surface area (Å²) in [5.74, 6) is 0. The summed E-state index contributed by atoms with van der Waals surface area (Å²) in [6, 6.07) is 61.1. The summed E-state index contributed by atoms with van der Waals surface area (Å²) in [5.41, 5.74) is 0. The second kappa shape index (κ2) is 9.77. The smallest absolute Gasteiger partial charge is 0.000673 e. The molecule has 0 fully saturated rings. The van der Waals surface area contributed by atoms with Crippen molar-refractivity contribution < 1.29 is 0 Å². The molecule has 9 rings (SSSR count). The minimum Gasteiger partial charge on any atom is -0.0616 e. The van der Waals surface area contributed by atoms with E-state index in [1.54, 1.807) is 0 Å². The van der Waals surface area contributed by atoms with Crippen LogP contribution in [0, 0.1) is 0 Å². The van der Waals surface area contributed by atoms with Gasteiger partial charge in [0.2, 0.25) is 0 Å². The van der Waals surface area contributed by atoms with Gasteiger partial charge in [0.25, 0.3) is 0 Å². The van der Waals surface area contributed by atoms with Crippen molar-refractivity contribution in [1.29, 1.82) is 0 Å². The van der Waals surface area contributed by atoms with E-state index < -0.39 is 7.92 Å². The Morgan fingerprint density at radius 3 is 0.628 bits per heavy atom. The minimum atomic E-state index is -1.04. The fourth-order valence-corrected chi connectivity index (χ4v) is 10.4. The average molecular weight is 563 g/mol. The van der Waals surface area contributed by atoms with Gasteiger partial charge in [-0.25, -0.2) is 0 Å². The van der Waals surface area contributed by atoms with Crippen LogP contribution in [0.25, 0.3) is 64.6 Å². The van der Waals surface area contributed by atoms with Crippen molar-refractivity contribution in [3.63, 3.8) is 0 Å². The third-order valence-corrected chi connectivity index (χ3v) is 11.7. The molecule has 0 aliphatic rings. The number of rotatable bonds is 3. The lowest BCUT2D eigenvalue weighted by molar-refractivity contribution is 1.77. The molecule has 43 heavy (non-hydrogen) atoms. The summed E-state index contributed by atoms with van der Waals surface area (Å²) in [6.07, 6.45) is 0. The lowest BCUT2D eigenvalue weighted by Crippen LogP contribution is -2.25. The van der Waals surface area contributed by atoms with Crippen molar-refractivity contribution in [2.45, 2.75) is 0 Å². The van der Waals surface area contributed by atoms with Crippen LogP contribution in [0.3, 0.4) is 0 Å². The fraction of sp³-hybridized carbons (Fsp3) is 0. The van der Waals surface area contributed by atoms with Crippen LogP contribution in [-0.4, -0.2) is 0 Å². The van der Waals surface area contributed by atoms with E-state index in [0.717, 1.165) is 0 Å². The Morgan fingerprint density at radius 1 is 0.233 bits per heavy atom. The lowest BCUT2D eigenvalue weighted by atomic mass is 10.0. The molecule has 0 saturated heterocycles. The van der Waals surface area contributed by atoms with Gasteiger partial charge in [0.1, 0.15) is 0 Å². The molecular formula is C42H27P. The average Bonchev–Trinajstić information content (AvgIpc) is 3.07. The SMILES string of the molecule is c1ccc2c(P(c3c4ccccc4cc4ccccc34)c3c4ccccc4cc4ccccc34)c3ccccc3cc2c1. The summed E-state index contributed by atoms with van der Waals surface area (Å²) in [4.78, 5) is 0. The molecule has 0 unspecified atom stereocenters. The first kappa shape index (κ1) is 24.6. The molecule has 0 spiro atoms. The van der Waals surface area contributed by atoms with Crippen molar-refractivity contribution >= 4 is 88.5 Å². The van der Waals surface area contributed by atoms with Crippen LogP contribution in [0.1, 0.15) is 0 Å². The zero-order valence-corrected chi connectivity index (χ0v) is 24.4. The van der Waals surface area contributed by atoms with E-state index in [0.29, 0.717) is 0 Å². The topological polar surface area (TPSA) is 0 Å². The predicted molar refractivity (Wildman–Crippen MR) is 190 cm³/mol. The van der Waals surface area contributed by atoms with Crippen molar-refractivity contribution in [1.82, 2.24) is 0 Å². The summed E-state index contributed by atoms with van der Waals surface area (Å²) in [7, 11) is -1.04. The van der Waals surface area contributed by atoms with E-state index in [2.05, 4.69) is 164 Å². The van der Waals surface area contributed by atoms with E-state index >= 15 is 0 Å². The maximum atomic E-state index is 2.37. The van der Waals surface area contributed by atoms with Crippen molar-refractivity contribution in [2.24, 2.45) is 0 Å². The van der Waals surface area contributed by atoms with Gasteiger partial charge in [-0.05, 0) is 90.8 Å². The first-order valence-electron chi connectivity index (χ1n) is 14.9. The zero-order chi connectivity index (χ0) is 28.3. The second-order valence-electron chi connectivity index (χ2n) is 11.3. The first-order valence-corrected chi connectivity index (χ1v) is 16.2. The minimum absolute atomic E-state index is 1.04. The van der Waals surface area contributed by atoms with E-state index in [4.69, 9.17) is 0 Å². The van der Waals surface area contributed by atoms with Gasteiger partial charge < -0.3 is 0 Å². The van der Waals surface area contributed by atoms with Crippen LogP contribution in [0.15, 0.2) is 164 Å². The molecule has 0 nitrogen and oxygen atoms in total. The van der Waals surface area contributed by atoms with Crippen molar-refractivity contribution in [2.75, 3.05) is 0 Å². The van der Waals surface area contributed by atoms with E-state index in [9.17, 15) is 0 Å². The molecule has 0 aliphatic heterocycles. The maximum absolute atomic E-state index is 2.37. The van der Waals surface area contributed by atoms with Crippen LogP contribution in [0.2, 0.25) is 0 Å². The Labute approximate surface area is 251 Å². The molecule has 9 aromatic carbocycles. The van der Waals surface area contributed by atoms with Crippen molar-refractivity contribution in [3.05, 3.63) is 164 Å². The number of benzene rings is 9. The normalized spacial score (nSPS) is 11.9. The Balaban J connectivity index is 1.60. The number of hydrogen-bond acceptors (Lipinski definition) is 0. The quantitative estimate of drug-likeness (QED) is 0.148. The molecule has 9 aromatic rings. The highest BCUT2D eigenvalue weighted by Crippen LogP contribution is 2.46. The van der Waals surface area contributed by atoms with Crippen LogP contribution in [-0.2, 0) is 0 Å². The summed E-state index contributed by atoms with van der Waals surface area (Å²) in [5, 5.41) is 20.1. The van der Waals surface area contributed by atoms with Crippen LogP contribution in [0.4, 0.5) is 0 Å². The molecule has 0 aliphatic carbocycles. The van der Waals surface area contributed by atoms with Gasteiger partial charge in [0, 0.05) is 15.9 Å². The second-order valence-corrected chi connectivity index (χ2v) is 13.4. The molecule has 200 valence electrons. The lowest BCUT2D eigenvalue weighted by Gasteiger charge is -2.28. The molecule has 0 saturated carbocycles.